The fraction of sp³-hybridized carbons (Fsp3) is 0.105. The molecule has 0 aliphatic rings. The Labute approximate surface area is 150 Å². The Hall–Kier alpha value is -2.86. The summed E-state index contributed by atoms with van der Waals surface area (Å²) in [6, 6.07) is 16.6. The van der Waals surface area contributed by atoms with Crippen LogP contribution in [-0.4, -0.2) is 22.6 Å². The van der Waals surface area contributed by atoms with Gasteiger partial charge in [-0.1, -0.05) is 30.3 Å². The molecule has 0 atom stereocenters. The second-order valence-corrected chi connectivity index (χ2v) is 5.78. The summed E-state index contributed by atoms with van der Waals surface area (Å²) >= 11 is 3.91. The van der Waals surface area contributed by atoms with Gasteiger partial charge in [0.2, 0.25) is 5.91 Å². The summed E-state index contributed by atoms with van der Waals surface area (Å²) in [5, 5.41) is 6.60. The highest BCUT2D eigenvalue weighted by Gasteiger charge is 2.09. The van der Waals surface area contributed by atoms with E-state index >= 15 is 0 Å². The van der Waals surface area contributed by atoms with Crippen molar-refractivity contribution in [1.82, 2.24) is 10.3 Å². The molecule has 0 aliphatic carbocycles. The van der Waals surface area contributed by atoms with Crippen molar-refractivity contribution in [2.75, 3.05) is 11.1 Å². The van der Waals surface area contributed by atoms with E-state index in [9.17, 15) is 9.59 Å². The average molecular weight is 351 g/mol. The molecule has 0 bridgehead atoms. The first-order valence-electron chi connectivity index (χ1n) is 7.79. The van der Waals surface area contributed by atoms with Crippen molar-refractivity contribution < 1.29 is 9.59 Å². The number of pyridine rings is 1. The van der Waals surface area contributed by atoms with Gasteiger partial charge in [-0.15, -0.1) is 0 Å². The molecular formula is C19H17N3O2S. The number of nitrogens with one attached hydrogen (secondary N) is 2. The van der Waals surface area contributed by atoms with Gasteiger partial charge >= 0.3 is 0 Å². The Morgan fingerprint density at radius 2 is 1.76 bits per heavy atom. The highest BCUT2D eigenvalue weighted by Crippen LogP contribution is 2.21. The number of thiol groups is 1. The summed E-state index contributed by atoms with van der Waals surface area (Å²) in [5.41, 5.74) is 2.88. The van der Waals surface area contributed by atoms with Gasteiger partial charge in [0.15, 0.2) is 0 Å². The second-order valence-electron chi connectivity index (χ2n) is 5.47. The zero-order valence-electron chi connectivity index (χ0n) is 13.4. The molecule has 0 fully saturated rings. The number of nitrogens with zero attached hydrogens (tertiary/aromatic N) is 1. The van der Waals surface area contributed by atoms with E-state index in [-0.39, 0.29) is 17.6 Å². The van der Waals surface area contributed by atoms with E-state index in [2.05, 4.69) is 28.2 Å². The molecule has 2 aromatic carbocycles. The van der Waals surface area contributed by atoms with Crippen LogP contribution < -0.4 is 10.6 Å². The minimum atomic E-state index is -0.205. The number of carbonyl (C=O) groups is 2. The Kier molecular flexibility index (Phi) is 5.30. The molecule has 2 amide bonds. The zero-order chi connectivity index (χ0) is 17.6. The number of carbonyl (C=O) groups excluding carboxylic acids is 2. The number of benzene rings is 2. The van der Waals surface area contributed by atoms with Gasteiger partial charge in [-0.05, 0) is 29.8 Å². The number of amides is 2. The van der Waals surface area contributed by atoms with Crippen LogP contribution in [0.4, 0.5) is 5.69 Å². The molecular weight excluding hydrogens is 334 g/mol. The molecule has 0 saturated heterocycles. The van der Waals surface area contributed by atoms with Crippen LogP contribution in [0, 0.1) is 0 Å². The fourth-order valence-corrected chi connectivity index (χ4v) is 2.54. The lowest BCUT2D eigenvalue weighted by molar-refractivity contribution is -0.118. The van der Waals surface area contributed by atoms with E-state index in [0.29, 0.717) is 17.8 Å². The van der Waals surface area contributed by atoms with Crippen molar-refractivity contribution in [3.63, 3.8) is 0 Å². The van der Waals surface area contributed by atoms with Crippen molar-refractivity contribution in [2.45, 2.75) is 6.54 Å². The number of aromatic nitrogens is 1. The highest BCUT2D eigenvalue weighted by molar-refractivity contribution is 7.81. The summed E-state index contributed by atoms with van der Waals surface area (Å²) in [5.74, 6) is -0.183. The molecule has 1 heterocycles. The molecule has 0 radical (unpaired) electrons. The molecule has 0 spiro atoms. The number of anilines is 1. The SMILES string of the molecule is O=C(CS)NCc1ccc(C(=O)Nc2cccc3cccnc23)cc1. The van der Waals surface area contributed by atoms with Crippen LogP contribution in [0.1, 0.15) is 15.9 Å². The van der Waals surface area contributed by atoms with Gasteiger partial charge in [-0.2, -0.15) is 12.6 Å². The molecule has 0 unspecified atom stereocenters. The normalized spacial score (nSPS) is 10.4. The van der Waals surface area contributed by atoms with Crippen LogP contribution in [0.5, 0.6) is 0 Å². The van der Waals surface area contributed by atoms with Gasteiger partial charge in [-0.25, -0.2) is 0 Å². The molecule has 2 N–H and O–H groups in total. The molecule has 3 rings (SSSR count). The first kappa shape index (κ1) is 17.0. The largest absolute Gasteiger partial charge is 0.351 e. The van der Waals surface area contributed by atoms with E-state index in [1.807, 2.05) is 42.5 Å². The highest BCUT2D eigenvalue weighted by atomic mass is 32.1. The van der Waals surface area contributed by atoms with Crippen molar-refractivity contribution in [3.05, 3.63) is 71.9 Å². The maximum absolute atomic E-state index is 12.5. The van der Waals surface area contributed by atoms with Crippen LogP contribution in [0.2, 0.25) is 0 Å². The van der Waals surface area contributed by atoms with Crippen LogP contribution in [0.15, 0.2) is 60.8 Å². The third kappa shape index (κ3) is 4.16. The first-order valence-corrected chi connectivity index (χ1v) is 8.42. The molecule has 1 aromatic heterocycles. The minimum absolute atomic E-state index is 0.131. The van der Waals surface area contributed by atoms with Crippen molar-refractivity contribution in [2.24, 2.45) is 0 Å². The summed E-state index contributed by atoms with van der Waals surface area (Å²) in [6.07, 6.45) is 1.70. The Morgan fingerprint density at radius 1 is 1.00 bits per heavy atom. The minimum Gasteiger partial charge on any atom is -0.351 e. The maximum atomic E-state index is 12.5. The Bertz CT molecular complexity index is 905. The number of rotatable bonds is 5. The van der Waals surface area contributed by atoms with Crippen LogP contribution in [0.3, 0.4) is 0 Å². The van der Waals surface area contributed by atoms with Gasteiger partial charge in [0.25, 0.3) is 5.91 Å². The predicted molar refractivity (Wildman–Crippen MR) is 102 cm³/mol. The average Bonchev–Trinajstić information content (AvgIpc) is 2.66. The quantitative estimate of drug-likeness (QED) is 0.619. The summed E-state index contributed by atoms with van der Waals surface area (Å²) in [4.78, 5) is 28.0. The van der Waals surface area contributed by atoms with Gasteiger partial charge in [-0.3, -0.25) is 14.6 Å². The van der Waals surface area contributed by atoms with E-state index in [0.717, 1.165) is 16.5 Å². The van der Waals surface area contributed by atoms with Crippen molar-refractivity contribution >= 4 is 41.0 Å². The number of fused-ring (bicyclic) bond motifs is 1. The van der Waals surface area contributed by atoms with Gasteiger partial charge < -0.3 is 10.6 Å². The first-order chi connectivity index (χ1) is 12.2. The maximum Gasteiger partial charge on any atom is 0.255 e. The lowest BCUT2D eigenvalue weighted by atomic mass is 10.1. The fourth-order valence-electron chi connectivity index (χ4n) is 2.43. The molecule has 25 heavy (non-hydrogen) atoms. The van der Waals surface area contributed by atoms with Crippen molar-refractivity contribution in [1.29, 1.82) is 0 Å². The van der Waals surface area contributed by atoms with Gasteiger partial charge in [0.1, 0.15) is 0 Å². The third-order valence-corrected chi connectivity index (χ3v) is 4.02. The van der Waals surface area contributed by atoms with E-state index in [4.69, 9.17) is 0 Å². The summed E-state index contributed by atoms with van der Waals surface area (Å²) < 4.78 is 0. The van der Waals surface area contributed by atoms with Crippen molar-refractivity contribution in [3.8, 4) is 0 Å². The molecule has 3 aromatic rings. The monoisotopic (exact) mass is 351 g/mol. The van der Waals surface area contributed by atoms with E-state index in [1.54, 1.807) is 18.3 Å². The molecule has 0 saturated carbocycles. The second kappa shape index (κ2) is 7.81. The molecule has 0 aliphatic heterocycles. The number of hydrogen-bond donors (Lipinski definition) is 3. The Balaban J connectivity index is 1.71. The summed E-state index contributed by atoms with van der Waals surface area (Å²) in [7, 11) is 0. The van der Waals surface area contributed by atoms with Gasteiger partial charge in [0, 0.05) is 23.7 Å². The predicted octanol–water partition coefficient (Wildman–Crippen LogP) is 3.03. The van der Waals surface area contributed by atoms with Crippen LogP contribution in [-0.2, 0) is 11.3 Å². The van der Waals surface area contributed by atoms with E-state index < -0.39 is 0 Å². The third-order valence-electron chi connectivity index (χ3n) is 3.73. The van der Waals surface area contributed by atoms with Crippen LogP contribution in [0.25, 0.3) is 10.9 Å². The van der Waals surface area contributed by atoms with Crippen LogP contribution >= 0.6 is 12.6 Å². The Morgan fingerprint density at radius 3 is 2.52 bits per heavy atom. The topological polar surface area (TPSA) is 71.1 Å². The lowest BCUT2D eigenvalue weighted by Gasteiger charge is -2.09. The van der Waals surface area contributed by atoms with Gasteiger partial charge in [0.05, 0.1) is 17.0 Å². The standard InChI is InChI=1S/C19H17N3O2S/c23-17(12-25)21-11-13-6-8-15(9-7-13)19(24)22-16-5-1-3-14-4-2-10-20-18(14)16/h1-10,25H,11-12H2,(H,21,23)(H,22,24). The molecule has 126 valence electrons. The summed E-state index contributed by atoms with van der Waals surface area (Å²) in [6.45, 7) is 0.411. The smallest absolute Gasteiger partial charge is 0.255 e. The molecule has 6 heteroatoms. The number of para-hydroxylation sites is 1. The zero-order valence-corrected chi connectivity index (χ0v) is 14.3. The van der Waals surface area contributed by atoms with E-state index in [1.165, 1.54) is 0 Å². The number of hydrogen-bond acceptors (Lipinski definition) is 4. The molecule has 5 nitrogen and oxygen atoms in total. The lowest BCUT2D eigenvalue weighted by Crippen LogP contribution is -2.23.